The Bertz CT molecular complexity index is 745. The lowest BCUT2D eigenvalue weighted by Gasteiger charge is -2.11. The first-order chi connectivity index (χ1) is 10.5. The van der Waals surface area contributed by atoms with Gasteiger partial charge in [-0.25, -0.2) is 18.4 Å². The molecule has 0 atom stereocenters. The van der Waals surface area contributed by atoms with Crippen LogP contribution in [0.4, 0.5) is 5.69 Å². The Hall–Kier alpha value is -2.35. The molecule has 0 amide bonds. The molecule has 0 radical (unpaired) electrons. The number of sulfonamides is 1. The van der Waals surface area contributed by atoms with Crippen molar-refractivity contribution in [3.05, 3.63) is 36.2 Å². The van der Waals surface area contributed by atoms with E-state index in [0.29, 0.717) is 12.4 Å². The van der Waals surface area contributed by atoms with Gasteiger partial charge >= 0.3 is 6.01 Å². The summed E-state index contributed by atoms with van der Waals surface area (Å²) in [6.07, 6.45) is 2.68. The first-order valence-corrected chi connectivity index (χ1v) is 8.07. The zero-order valence-corrected chi connectivity index (χ0v) is 13.3. The highest BCUT2D eigenvalue weighted by Gasteiger charge is 2.16. The van der Waals surface area contributed by atoms with Crippen molar-refractivity contribution in [1.82, 2.24) is 9.97 Å². The van der Waals surface area contributed by atoms with Gasteiger partial charge in [0.2, 0.25) is 0 Å². The van der Waals surface area contributed by atoms with Crippen molar-refractivity contribution in [2.45, 2.75) is 18.7 Å². The highest BCUT2D eigenvalue weighted by molar-refractivity contribution is 7.92. The van der Waals surface area contributed by atoms with E-state index in [2.05, 4.69) is 14.7 Å². The summed E-state index contributed by atoms with van der Waals surface area (Å²) in [7, 11) is -2.28. The second kappa shape index (κ2) is 6.61. The van der Waals surface area contributed by atoms with Gasteiger partial charge in [-0.3, -0.25) is 4.72 Å². The van der Waals surface area contributed by atoms with E-state index >= 15 is 0 Å². The molecule has 1 N–H and O–H groups in total. The smallest absolute Gasteiger partial charge is 0.316 e. The fourth-order valence-corrected chi connectivity index (χ4v) is 2.91. The van der Waals surface area contributed by atoms with Crippen molar-refractivity contribution in [2.75, 3.05) is 18.4 Å². The van der Waals surface area contributed by atoms with Crippen LogP contribution >= 0.6 is 0 Å². The van der Waals surface area contributed by atoms with E-state index in [-0.39, 0.29) is 16.6 Å². The Morgan fingerprint density at radius 1 is 1.23 bits per heavy atom. The predicted molar refractivity (Wildman–Crippen MR) is 81.7 cm³/mol. The molecule has 0 aliphatic heterocycles. The van der Waals surface area contributed by atoms with Crippen LogP contribution in [0.5, 0.6) is 11.8 Å². The molecule has 1 heterocycles. The minimum absolute atomic E-state index is 0.143. The Kier molecular flexibility index (Phi) is 4.81. The third-order valence-corrected chi connectivity index (χ3v) is 4.20. The minimum Gasteiger partial charge on any atom is -0.494 e. The van der Waals surface area contributed by atoms with Crippen LogP contribution in [0.3, 0.4) is 0 Å². The fraction of sp³-hybridized carbons (Fsp3) is 0.286. The van der Waals surface area contributed by atoms with Crippen molar-refractivity contribution in [3.8, 4) is 11.8 Å². The van der Waals surface area contributed by atoms with Crippen LogP contribution in [-0.2, 0) is 10.0 Å². The molecular formula is C14H17N3O4S. The maximum atomic E-state index is 12.3. The molecular weight excluding hydrogens is 306 g/mol. The van der Waals surface area contributed by atoms with Crippen LogP contribution in [0.15, 0.2) is 35.5 Å². The number of nitrogens with zero attached hydrogens (tertiary/aromatic N) is 2. The van der Waals surface area contributed by atoms with E-state index in [4.69, 9.17) is 9.47 Å². The number of aryl methyl sites for hydroxylation is 1. The number of nitrogens with one attached hydrogen (secondary N) is 1. The summed E-state index contributed by atoms with van der Waals surface area (Å²) >= 11 is 0. The zero-order chi connectivity index (χ0) is 16.2. The Morgan fingerprint density at radius 3 is 2.45 bits per heavy atom. The SMILES string of the molecule is CCOc1ccc(S(=O)(=O)Nc2cnc(OC)nc2)cc1C. The van der Waals surface area contributed by atoms with Crippen molar-refractivity contribution >= 4 is 15.7 Å². The minimum atomic E-state index is -3.71. The lowest BCUT2D eigenvalue weighted by molar-refractivity contribution is 0.337. The third kappa shape index (κ3) is 3.64. The summed E-state index contributed by atoms with van der Waals surface area (Å²) in [5.74, 6) is 0.661. The molecule has 2 rings (SSSR count). The number of anilines is 1. The molecule has 7 nitrogen and oxygen atoms in total. The second-order valence-corrected chi connectivity index (χ2v) is 6.11. The number of aromatic nitrogens is 2. The van der Waals surface area contributed by atoms with Gasteiger partial charge in [-0.2, -0.15) is 0 Å². The van der Waals surface area contributed by atoms with Crippen LogP contribution < -0.4 is 14.2 Å². The third-order valence-electron chi connectivity index (χ3n) is 2.82. The lowest BCUT2D eigenvalue weighted by Crippen LogP contribution is -2.13. The Morgan fingerprint density at radius 2 is 1.91 bits per heavy atom. The number of hydrogen-bond donors (Lipinski definition) is 1. The molecule has 8 heteroatoms. The maximum Gasteiger partial charge on any atom is 0.316 e. The summed E-state index contributed by atoms with van der Waals surface area (Å²) in [6, 6.07) is 4.85. The van der Waals surface area contributed by atoms with Crippen LogP contribution in [0.1, 0.15) is 12.5 Å². The van der Waals surface area contributed by atoms with Crippen LogP contribution in [0.25, 0.3) is 0 Å². The van der Waals surface area contributed by atoms with Crippen LogP contribution in [0, 0.1) is 6.92 Å². The number of ether oxygens (including phenoxy) is 2. The van der Waals surface area contributed by atoms with Gasteiger partial charge in [-0.1, -0.05) is 0 Å². The number of rotatable bonds is 6. The molecule has 2 aromatic rings. The van der Waals surface area contributed by atoms with Crippen molar-refractivity contribution < 1.29 is 17.9 Å². The van der Waals surface area contributed by atoms with E-state index in [1.165, 1.54) is 25.6 Å². The predicted octanol–water partition coefficient (Wildman–Crippen LogP) is 1.99. The van der Waals surface area contributed by atoms with Gasteiger partial charge in [-0.05, 0) is 37.6 Å². The highest BCUT2D eigenvalue weighted by Crippen LogP contribution is 2.23. The van der Waals surface area contributed by atoms with E-state index in [0.717, 1.165) is 5.56 Å². The Labute approximate surface area is 129 Å². The Balaban J connectivity index is 2.24. The largest absolute Gasteiger partial charge is 0.494 e. The number of methoxy groups -OCH3 is 1. The normalized spacial score (nSPS) is 11.0. The number of hydrogen-bond acceptors (Lipinski definition) is 6. The van der Waals surface area contributed by atoms with Crippen molar-refractivity contribution in [2.24, 2.45) is 0 Å². The van der Waals surface area contributed by atoms with Crippen LogP contribution in [-0.4, -0.2) is 32.1 Å². The van der Waals surface area contributed by atoms with Crippen molar-refractivity contribution in [1.29, 1.82) is 0 Å². The van der Waals surface area contributed by atoms with E-state index < -0.39 is 10.0 Å². The molecule has 0 saturated carbocycles. The molecule has 118 valence electrons. The molecule has 0 bridgehead atoms. The van der Waals surface area contributed by atoms with Crippen molar-refractivity contribution in [3.63, 3.8) is 0 Å². The summed E-state index contributed by atoms with van der Waals surface area (Å²) in [4.78, 5) is 7.84. The van der Waals surface area contributed by atoms with Gasteiger partial charge in [0, 0.05) is 0 Å². The molecule has 1 aromatic heterocycles. The summed E-state index contributed by atoms with van der Waals surface area (Å²) in [5.41, 5.74) is 1.00. The molecule has 0 unspecified atom stereocenters. The molecule has 0 saturated heterocycles. The summed E-state index contributed by atoms with van der Waals surface area (Å²) in [6.45, 7) is 4.18. The number of benzene rings is 1. The zero-order valence-electron chi connectivity index (χ0n) is 12.5. The molecule has 1 aromatic carbocycles. The molecule has 22 heavy (non-hydrogen) atoms. The van der Waals surface area contributed by atoms with Gasteiger partial charge in [-0.15, -0.1) is 0 Å². The van der Waals surface area contributed by atoms with E-state index in [1.807, 2.05) is 6.92 Å². The van der Waals surface area contributed by atoms with Gasteiger partial charge in [0.25, 0.3) is 10.0 Å². The molecule has 0 spiro atoms. The quantitative estimate of drug-likeness (QED) is 0.874. The first-order valence-electron chi connectivity index (χ1n) is 6.58. The summed E-state index contributed by atoms with van der Waals surface area (Å²) < 4.78 is 37.3. The topological polar surface area (TPSA) is 90.4 Å². The van der Waals surface area contributed by atoms with Crippen LogP contribution in [0.2, 0.25) is 0 Å². The monoisotopic (exact) mass is 323 g/mol. The van der Waals surface area contributed by atoms with Gasteiger partial charge in [0.15, 0.2) is 0 Å². The van der Waals surface area contributed by atoms with Gasteiger partial charge in [0.05, 0.1) is 36.7 Å². The molecule has 0 aliphatic rings. The van der Waals surface area contributed by atoms with Gasteiger partial charge in [0.1, 0.15) is 5.75 Å². The average molecular weight is 323 g/mol. The summed E-state index contributed by atoms with van der Waals surface area (Å²) in [5, 5.41) is 0. The second-order valence-electron chi connectivity index (χ2n) is 4.42. The molecule has 0 aliphatic carbocycles. The molecule has 0 fully saturated rings. The van der Waals surface area contributed by atoms with E-state index in [1.54, 1.807) is 19.1 Å². The average Bonchev–Trinajstić information content (AvgIpc) is 2.50. The van der Waals surface area contributed by atoms with Gasteiger partial charge < -0.3 is 9.47 Å². The lowest BCUT2D eigenvalue weighted by atomic mass is 10.2. The standard InChI is InChI=1S/C14H17N3O4S/c1-4-21-13-6-5-12(7-10(13)2)22(18,19)17-11-8-15-14(20-3)16-9-11/h5-9,17H,4H2,1-3H3. The fourth-order valence-electron chi connectivity index (χ4n) is 1.79. The first kappa shape index (κ1) is 16.0. The maximum absolute atomic E-state index is 12.3. The van der Waals surface area contributed by atoms with E-state index in [9.17, 15) is 8.42 Å². The highest BCUT2D eigenvalue weighted by atomic mass is 32.2.